The first kappa shape index (κ1) is 20.5. The normalized spacial score (nSPS) is 32.6. The maximum atomic E-state index is 2.48. The van der Waals surface area contributed by atoms with E-state index in [0.717, 1.165) is 23.2 Å². The van der Waals surface area contributed by atoms with Gasteiger partial charge in [0.1, 0.15) is 0 Å². The third kappa shape index (κ3) is 4.15. The van der Waals surface area contributed by atoms with Crippen LogP contribution in [0.3, 0.4) is 0 Å². The second-order valence-electron chi connectivity index (χ2n) is 10.6. The summed E-state index contributed by atoms with van der Waals surface area (Å²) in [7, 11) is 0. The summed E-state index contributed by atoms with van der Waals surface area (Å²) in [6, 6.07) is 10.6. The molecule has 4 aliphatic carbocycles. The Balaban J connectivity index is 0.000000170. The summed E-state index contributed by atoms with van der Waals surface area (Å²) in [6.45, 7) is 18.1. The van der Waals surface area contributed by atoms with Gasteiger partial charge in [0.25, 0.3) is 0 Å². The molecule has 5 rings (SSSR count). The Hall–Kier alpha value is -0.780. The van der Waals surface area contributed by atoms with Crippen molar-refractivity contribution >= 4 is 0 Å². The standard InChI is InChI=1S/C13H22.C10H14.C2H6/c1-12(2,3)13-7-9-4-10(8-13)6-11(13)5-9;1-10(2,3)9-7-5-4-6-8-9;1-2/h9-11H,4-8H2,1-3H3;4-8H,1-3H3;1-2H3. The van der Waals surface area contributed by atoms with Crippen LogP contribution in [0.4, 0.5) is 0 Å². The van der Waals surface area contributed by atoms with Crippen molar-refractivity contribution in [1.82, 2.24) is 0 Å². The molecular weight excluding hydrogens is 300 g/mol. The summed E-state index contributed by atoms with van der Waals surface area (Å²) >= 11 is 0. The van der Waals surface area contributed by atoms with Gasteiger partial charge in [-0.3, -0.25) is 0 Å². The molecule has 4 saturated carbocycles. The molecular formula is C25H42. The molecule has 0 saturated heterocycles. The molecule has 25 heavy (non-hydrogen) atoms. The van der Waals surface area contributed by atoms with Crippen molar-refractivity contribution in [3.8, 4) is 0 Å². The molecule has 4 aliphatic rings. The molecule has 1 aromatic carbocycles. The lowest BCUT2D eigenvalue weighted by Gasteiger charge is -2.44. The van der Waals surface area contributed by atoms with Gasteiger partial charge in [-0.15, -0.1) is 0 Å². The van der Waals surface area contributed by atoms with E-state index < -0.39 is 0 Å². The lowest BCUT2D eigenvalue weighted by atomic mass is 9.60. The first-order chi connectivity index (χ1) is 11.6. The third-order valence-electron chi connectivity index (χ3n) is 7.12. The highest BCUT2D eigenvalue weighted by molar-refractivity contribution is 5.22. The molecule has 142 valence electrons. The summed E-state index contributed by atoms with van der Waals surface area (Å²) in [5, 5.41) is 0. The maximum absolute atomic E-state index is 2.48. The fourth-order valence-electron chi connectivity index (χ4n) is 5.96. The topological polar surface area (TPSA) is 0 Å². The number of rotatable bonds is 0. The van der Waals surface area contributed by atoms with Gasteiger partial charge in [0.15, 0.2) is 0 Å². The first-order valence-corrected chi connectivity index (χ1v) is 10.7. The van der Waals surface area contributed by atoms with Crippen LogP contribution in [0.1, 0.15) is 93.1 Å². The second kappa shape index (κ2) is 7.45. The minimum absolute atomic E-state index is 0.293. The van der Waals surface area contributed by atoms with E-state index in [1.807, 2.05) is 13.8 Å². The summed E-state index contributed by atoms with van der Waals surface area (Å²) in [5.41, 5.74) is 3.03. The zero-order valence-corrected chi connectivity index (χ0v) is 18.2. The van der Waals surface area contributed by atoms with Gasteiger partial charge in [-0.25, -0.2) is 0 Å². The van der Waals surface area contributed by atoms with E-state index in [2.05, 4.69) is 71.9 Å². The van der Waals surface area contributed by atoms with Gasteiger partial charge in [-0.05, 0) is 71.7 Å². The van der Waals surface area contributed by atoms with Gasteiger partial charge >= 0.3 is 0 Å². The largest absolute Gasteiger partial charge is 0.0683 e. The van der Waals surface area contributed by atoms with Crippen molar-refractivity contribution in [2.75, 3.05) is 0 Å². The lowest BCUT2D eigenvalue weighted by molar-refractivity contribution is 0.0472. The van der Waals surface area contributed by atoms with E-state index in [9.17, 15) is 0 Å². The van der Waals surface area contributed by atoms with Gasteiger partial charge in [0, 0.05) is 0 Å². The molecule has 0 heterocycles. The molecule has 0 radical (unpaired) electrons. The molecule has 2 unspecified atom stereocenters. The molecule has 0 nitrogen and oxygen atoms in total. The van der Waals surface area contributed by atoms with E-state index in [1.165, 1.54) is 5.56 Å². The molecule has 0 spiro atoms. The molecule has 4 fully saturated rings. The van der Waals surface area contributed by atoms with E-state index >= 15 is 0 Å². The second-order valence-corrected chi connectivity index (χ2v) is 10.6. The minimum Gasteiger partial charge on any atom is -0.0683 e. The highest BCUT2D eigenvalue weighted by atomic mass is 14.7. The average molecular weight is 343 g/mol. The fourth-order valence-corrected chi connectivity index (χ4v) is 5.96. The average Bonchev–Trinajstić information content (AvgIpc) is 2.96. The Bertz CT molecular complexity index is 511. The zero-order chi connectivity index (χ0) is 18.9. The zero-order valence-electron chi connectivity index (χ0n) is 18.2. The van der Waals surface area contributed by atoms with Crippen LogP contribution in [0.25, 0.3) is 0 Å². The van der Waals surface area contributed by atoms with E-state index in [-0.39, 0.29) is 0 Å². The summed E-state index contributed by atoms with van der Waals surface area (Å²) in [4.78, 5) is 0. The van der Waals surface area contributed by atoms with Crippen LogP contribution < -0.4 is 0 Å². The Morgan fingerprint density at radius 3 is 1.56 bits per heavy atom. The van der Waals surface area contributed by atoms with Gasteiger partial charge < -0.3 is 0 Å². The van der Waals surface area contributed by atoms with E-state index in [4.69, 9.17) is 0 Å². The highest BCUT2D eigenvalue weighted by Gasteiger charge is 2.61. The highest BCUT2D eigenvalue weighted by Crippen LogP contribution is 2.70. The van der Waals surface area contributed by atoms with Crippen molar-refractivity contribution in [3.05, 3.63) is 35.9 Å². The minimum atomic E-state index is 0.293. The van der Waals surface area contributed by atoms with Gasteiger partial charge in [0.2, 0.25) is 0 Å². The predicted octanol–water partition coefficient (Wildman–Crippen LogP) is 7.87. The van der Waals surface area contributed by atoms with Crippen molar-refractivity contribution in [1.29, 1.82) is 0 Å². The lowest BCUT2D eigenvalue weighted by Crippen LogP contribution is -2.36. The van der Waals surface area contributed by atoms with Crippen LogP contribution in [-0.2, 0) is 5.41 Å². The van der Waals surface area contributed by atoms with E-state index in [0.29, 0.717) is 10.8 Å². The molecule has 0 N–H and O–H groups in total. The Morgan fingerprint density at radius 1 is 0.760 bits per heavy atom. The van der Waals surface area contributed by atoms with Crippen molar-refractivity contribution in [3.63, 3.8) is 0 Å². The van der Waals surface area contributed by atoms with Crippen LogP contribution in [0.5, 0.6) is 0 Å². The van der Waals surface area contributed by atoms with Crippen LogP contribution in [0.15, 0.2) is 30.3 Å². The fraction of sp³-hybridized carbons (Fsp3) is 0.760. The van der Waals surface area contributed by atoms with Gasteiger partial charge in [-0.1, -0.05) is 85.7 Å². The third-order valence-corrected chi connectivity index (χ3v) is 7.12. The molecule has 2 atom stereocenters. The molecule has 0 amide bonds. The SMILES string of the molecule is CC.CC(C)(C)C12CC3CC(CC1C3)C2.CC(C)(C)c1ccccc1. The van der Waals surface area contributed by atoms with Crippen molar-refractivity contribution < 1.29 is 0 Å². The number of hydrogen-bond donors (Lipinski definition) is 0. The van der Waals surface area contributed by atoms with Crippen molar-refractivity contribution in [2.45, 2.75) is 92.9 Å². The smallest absolute Gasteiger partial charge is 0.0132 e. The Kier molecular flexibility index (Phi) is 6.12. The molecule has 0 aromatic heterocycles. The molecule has 0 aliphatic heterocycles. The maximum Gasteiger partial charge on any atom is -0.0132 e. The predicted molar refractivity (Wildman–Crippen MR) is 112 cm³/mol. The quantitative estimate of drug-likeness (QED) is 0.450. The van der Waals surface area contributed by atoms with Gasteiger partial charge in [0.05, 0.1) is 0 Å². The monoisotopic (exact) mass is 342 g/mol. The first-order valence-electron chi connectivity index (χ1n) is 10.7. The summed E-state index contributed by atoms with van der Waals surface area (Å²) < 4.78 is 0. The Labute approximate surface area is 157 Å². The summed E-state index contributed by atoms with van der Waals surface area (Å²) in [5.74, 6) is 3.35. The van der Waals surface area contributed by atoms with Crippen LogP contribution in [-0.4, -0.2) is 0 Å². The van der Waals surface area contributed by atoms with Crippen molar-refractivity contribution in [2.24, 2.45) is 28.6 Å². The Morgan fingerprint density at radius 2 is 1.24 bits per heavy atom. The molecule has 4 bridgehead atoms. The summed E-state index contributed by atoms with van der Waals surface area (Å²) in [6.07, 6.45) is 7.87. The van der Waals surface area contributed by atoms with Gasteiger partial charge in [-0.2, -0.15) is 0 Å². The number of benzene rings is 1. The van der Waals surface area contributed by atoms with Crippen LogP contribution in [0.2, 0.25) is 0 Å². The molecule has 1 aromatic rings. The number of hydrogen-bond acceptors (Lipinski definition) is 0. The van der Waals surface area contributed by atoms with Crippen LogP contribution in [0, 0.1) is 28.6 Å². The molecule has 0 heteroatoms. The van der Waals surface area contributed by atoms with E-state index in [1.54, 1.807) is 32.1 Å². The van der Waals surface area contributed by atoms with Crippen LogP contribution >= 0.6 is 0 Å².